The first-order chi connectivity index (χ1) is 5.65. The molecule has 0 spiro atoms. The molecule has 0 saturated heterocycles. The Bertz CT molecular complexity index is 285. The molecule has 1 aromatic rings. The summed E-state index contributed by atoms with van der Waals surface area (Å²) in [5, 5.41) is 3.44. The third-order valence-electron chi connectivity index (χ3n) is 1.36. The second-order valence-electron chi connectivity index (χ2n) is 2.28. The van der Waals surface area contributed by atoms with Crippen LogP contribution in [0.3, 0.4) is 0 Å². The first-order valence-corrected chi connectivity index (χ1v) is 4.27. The van der Waals surface area contributed by atoms with Gasteiger partial charge in [0, 0.05) is 18.1 Å². The molecule has 66 valence electrons. The molecular weight excluding hydrogens is 176 g/mol. The van der Waals surface area contributed by atoms with Gasteiger partial charge in [-0.3, -0.25) is 9.63 Å². The van der Waals surface area contributed by atoms with E-state index < -0.39 is 0 Å². The minimum absolute atomic E-state index is 0.212. The molecule has 0 atom stereocenters. The van der Waals surface area contributed by atoms with Crippen molar-refractivity contribution < 1.29 is 9.63 Å². The highest BCUT2D eigenvalue weighted by Crippen LogP contribution is 2.10. The average molecular weight is 186 g/mol. The summed E-state index contributed by atoms with van der Waals surface area (Å²) in [6.07, 6.45) is 0. The monoisotopic (exact) mass is 186 g/mol. The summed E-state index contributed by atoms with van der Waals surface area (Å²) in [6, 6.07) is 0. The highest BCUT2D eigenvalue weighted by molar-refractivity contribution is 7.11. The molecule has 1 rings (SSSR count). The summed E-state index contributed by atoms with van der Waals surface area (Å²) in [5.74, 6) is -0.212. The van der Waals surface area contributed by atoms with Gasteiger partial charge < -0.3 is 0 Å². The molecule has 0 saturated carbocycles. The van der Waals surface area contributed by atoms with Gasteiger partial charge in [-0.1, -0.05) is 0 Å². The highest BCUT2D eigenvalue weighted by atomic mass is 32.1. The van der Waals surface area contributed by atoms with Crippen molar-refractivity contribution in [2.24, 2.45) is 0 Å². The van der Waals surface area contributed by atoms with E-state index in [1.807, 2.05) is 12.3 Å². The molecule has 0 aromatic carbocycles. The smallest absolute Gasteiger partial charge is 0.274 e. The molecule has 0 radical (unpaired) electrons. The van der Waals surface area contributed by atoms with Crippen molar-refractivity contribution in [3.05, 3.63) is 16.1 Å². The minimum Gasteiger partial charge on any atom is -0.274 e. The fraction of sp³-hybridized carbons (Fsp3) is 0.429. The van der Waals surface area contributed by atoms with E-state index in [9.17, 15) is 4.79 Å². The van der Waals surface area contributed by atoms with Crippen molar-refractivity contribution in [3.8, 4) is 0 Å². The molecule has 4 nitrogen and oxygen atoms in total. The highest BCUT2D eigenvalue weighted by Gasteiger charge is 2.14. The van der Waals surface area contributed by atoms with E-state index in [0.29, 0.717) is 5.01 Å². The van der Waals surface area contributed by atoms with E-state index in [2.05, 4.69) is 4.98 Å². The van der Waals surface area contributed by atoms with Gasteiger partial charge in [-0.2, -0.15) is 0 Å². The number of amides is 1. The van der Waals surface area contributed by atoms with Crippen LogP contribution in [-0.4, -0.2) is 30.1 Å². The zero-order valence-corrected chi connectivity index (χ0v) is 8.01. The Labute approximate surface area is 74.7 Å². The molecule has 1 aromatic heterocycles. The molecule has 0 aliphatic carbocycles. The van der Waals surface area contributed by atoms with Gasteiger partial charge in [-0.15, -0.1) is 11.3 Å². The van der Waals surface area contributed by atoms with E-state index in [-0.39, 0.29) is 5.91 Å². The Balaban J connectivity index is 2.78. The molecule has 0 N–H and O–H groups in total. The van der Waals surface area contributed by atoms with Crippen molar-refractivity contribution in [2.75, 3.05) is 14.2 Å². The van der Waals surface area contributed by atoms with Crippen LogP contribution in [0.4, 0.5) is 0 Å². The van der Waals surface area contributed by atoms with Gasteiger partial charge >= 0.3 is 5.91 Å². The number of hydrogen-bond acceptors (Lipinski definition) is 4. The fourth-order valence-corrected chi connectivity index (χ4v) is 1.43. The van der Waals surface area contributed by atoms with Gasteiger partial charge in [0.05, 0.1) is 7.11 Å². The number of rotatable bonds is 2. The summed E-state index contributed by atoms with van der Waals surface area (Å²) in [7, 11) is 3.00. The lowest BCUT2D eigenvalue weighted by atomic mass is 10.5. The van der Waals surface area contributed by atoms with Crippen molar-refractivity contribution in [1.82, 2.24) is 10.0 Å². The van der Waals surface area contributed by atoms with Crippen molar-refractivity contribution in [2.45, 2.75) is 6.92 Å². The Hall–Kier alpha value is -0.940. The van der Waals surface area contributed by atoms with Gasteiger partial charge in [-0.25, -0.2) is 10.0 Å². The van der Waals surface area contributed by atoms with E-state index in [0.717, 1.165) is 10.8 Å². The minimum atomic E-state index is -0.212. The lowest BCUT2D eigenvalue weighted by molar-refractivity contribution is -0.0757. The average Bonchev–Trinajstić information content (AvgIpc) is 2.49. The first kappa shape index (κ1) is 9.15. The van der Waals surface area contributed by atoms with Gasteiger partial charge in [0.15, 0.2) is 5.01 Å². The van der Waals surface area contributed by atoms with Crippen LogP contribution in [0.2, 0.25) is 0 Å². The van der Waals surface area contributed by atoms with Crippen LogP contribution in [-0.2, 0) is 4.84 Å². The Kier molecular flexibility index (Phi) is 2.78. The summed E-state index contributed by atoms with van der Waals surface area (Å²) in [4.78, 5) is 20.1. The molecule has 0 aliphatic rings. The lowest BCUT2D eigenvalue weighted by Crippen LogP contribution is -2.25. The number of carbonyl (C=O) groups is 1. The maximum atomic E-state index is 11.3. The molecular formula is C7H10N2O2S. The largest absolute Gasteiger partial charge is 0.306 e. The number of aryl methyl sites for hydroxylation is 1. The molecule has 0 aliphatic heterocycles. The second-order valence-corrected chi connectivity index (χ2v) is 3.14. The summed E-state index contributed by atoms with van der Waals surface area (Å²) >= 11 is 1.32. The third kappa shape index (κ3) is 1.80. The summed E-state index contributed by atoms with van der Waals surface area (Å²) < 4.78 is 0. The first-order valence-electron chi connectivity index (χ1n) is 3.39. The van der Waals surface area contributed by atoms with E-state index in [4.69, 9.17) is 4.84 Å². The zero-order chi connectivity index (χ0) is 9.14. The lowest BCUT2D eigenvalue weighted by Gasteiger charge is -2.10. The molecule has 12 heavy (non-hydrogen) atoms. The van der Waals surface area contributed by atoms with Crippen LogP contribution in [0.5, 0.6) is 0 Å². The topological polar surface area (TPSA) is 42.4 Å². The number of carbonyl (C=O) groups excluding carboxylic acids is 1. The van der Waals surface area contributed by atoms with Crippen molar-refractivity contribution >= 4 is 17.2 Å². The fourth-order valence-electron chi connectivity index (χ4n) is 0.670. The molecule has 0 fully saturated rings. The SMILES string of the molecule is CON(C)C(=O)c1nc(C)cs1. The molecule has 0 unspecified atom stereocenters. The predicted molar refractivity (Wildman–Crippen MR) is 46.0 cm³/mol. The Morgan fingerprint density at radius 3 is 2.83 bits per heavy atom. The maximum Gasteiger partial charge on any atom is 0.306 e. The molecule has 1 heterocycles. The van der Waals surface area contributed by atoms with Crippen LogP contribution in [0.15, 0.2) is 5.38 Å². The number of hydrogen-bond donors (Lipinski definition) is 0. The molecule has 0 bridgehead atoms. The number of nitrogens with zero attached hydrogens (tertiary/aromatic N) is 2. The van der Waals surface area contributed by atoms with Crippen LogP contribution < -0.4 is 0 Å². The number of thiazole rings is 1. The van der Waals surface area contributed by atoms with Crippen LogP contribution in [0.1, 0.15) is 15.5 Å². The van der Waals surface area contributed by atoms with Crippen molar-refractivity contribution in [1.29, 1.82) is 0 Å². The Morgan fingerprint density at radius 1 is 1.75 bits per heavy atom. The van der Waals surface area contributed by atoms with Crippen LogP contribution in [0.25, 0.3) is 0 Å². The number of aromatic nitrogens is 1. The van der Waals surface area contributed by atoms with Gasteiger partial charge in [0.1, 0.15) is 0 Å². The predicted octanol–water partition coefficient (Wildman–Crippen LogP) is 1.08. The van der Waals surface area contributed by atoms with E-state index in [1.165, 1.54) is 18.4 Å². The summed E-state index contributed by atoms with van der Waals surface area (Å²) in [5.41, 5.74) is 0.854. The third-order valence-corrected chi connectivity index (χ3v) is 2.31. The van der Waals surface area contributed by atoms with Gasteiger partial charge in [-0.05, 0) is 6.92 Å². The summed E-state index contributed by atoms with van der Waals surface area (Å²) in [6.45, 7) is 1.85. The standard InChI is InChI=1S/C7H10N2O2S/c1-5-4-12-6(8-5)7(10)9(2)11-3/h4H,1-3H3. The maximum absolute atomic E-state index is 11.3. The Morgan fingerprint density at radius 2 is 2.42 bits per heavy atom. The van der Waals surface area contributed by atoms with E-state index >= 15 is 0 Å². The quantitative estimate of drug-likeness (QED) is 0.649. The van der Waals surface area contributed by atoms with Crippen LogP contribution in [0, 0.1) is 6.92 Å². The van der Waals surface area contributed by atoms with Crippen LogP contribution >= 0.6 is 11.3 Å². The van der Waals surface area contributed by atoms with Gasteiger partial charge in [0.2, 0.25) is 0 Å². The second kappa shape index (κ2) is 3.64. The van der Waals surface area contributed by atoms with Crippen molar-refractivity contribution in [3.63, 3.8) is 0 Å². The molecule has 1 amide bonds. The zero-order valence-electron chi connectivity index (χ0n) is 7.20. The number of hydroxylamine groups is 2. The normalized spacial score (nSPS) is 9.92. The molecule has 5 heteroatoms. The van der Waals surface area contributed by atoms with E-state index in [1.54, 1.807) is 7.05 Å². The van der Waals surface area contributed by atoms with Gasteiger partial charge in [0.25, 0.3) is 0 Å².